The highest BCUT2D eigenvalue weighted by molar-refractivity contribution is 5.97. The van der Waals surface area contributed by atoms with Crippen molar-refractivity contribution in [1.29, 1.82) is 0 Å². The van der Waals surface area contributed by atoms with Gasteiger partial charge in [0.15, 0.2) is 0 Å². The Morgan fingerprint density at radius 2 is 1.82 bits per heavy atom. The van der Waals surface area contributed by atoms with Crippen LogP contribution < -0.4 is 0 Å². The summed E-state index contributed by atoms with van der Waals surface area (Å²) in [5, 5.41) is 28.1. The number of allylic oxidation sites excluding steroid dienone is 1. The van der Waals surface area contributed by atoms with Crippen LogP contribution in [0, 0.1) is 0 Å². The van der Waals surface area contributed by atoms with Crippen LogP contribution in [0.1, 0.15) is 31.2 Å². The second kappa shape index (κ2) is 4.49. The molecule has 1 aliphatic carbocycles. The first-order chi connectivity index (χ1) is 8.09. The van der Waals surface area contributed by atoms with E-state index in [1.54, 1.807) is 6.07 Å². The number of phenols is 2. The number of hydrogen-bond donors (Lipinski definition) is 3. The van der Waals surface area contributed by atoms with Gasteiger partial charge in [-0.15, -0.1) is 0 Å². The van der Waals surface area contributed by atoms with Gasteiger partial charge >= 0.3 is 5.97 Å². The zero-order chi connectivity index (χ0) is 12.4. The van der Waals surface area contributed by atoms with Crippen LogP contribution in [0.25, 0.3) is 5.57 Å². The van der Waals surface area contributed by atoms with E-state index in [0.29, 0.717) is 29.6 Å². The van der Waals surface area contributed by atoms with Crippen LogP contribution in [0.3, 0.4) is 0 Å². The van der Waals surface area contributed by atoms with Gasteiger partial charge in [0.2, 0.25) is 0 Å². The summed E-state index contributed by atoms with van der Waals surface area (Å²) in [6.45, 7) is 0. The Bertz CT molecular complexity index is 488. The molecule has 0 fully saturated rings. The summed E-state index contributed by atoms with van der Waals surface area (Å²) in [6, 6.07) is 4.25. The average Bonchev–Trinajstić information content (AvgIpc) is 2.29. The number of carboxylic acid groups (broad SMARTS) is 1. The Kier molecular flexibility index (Phi) is 3.04. The molecule has 1 aromatic rings. The number of aliphatic carboxylic acids is 1. The van der Waals surface area contributed by atoms with Gasteiger partial charge in [0.25, 0.3) is 0 Å². The molecule has 0 unspecified atom stereocenters. The molecule has 4 nitrogen and oxygen atoms in total. The van der Waals surface area contributed by atoms with Crippen molar-refractivity contribution in [3.63, 3.8) is 0 Å². The molecule has 1 aromatic carbocycles. The monoisotopic (exact) mass is 234 g/mol. The number of carbonyl (C=O) groups is 1. The zero-order valence-corrected chi connectivity index (χ0v) is 9.31. The largest absolute Gasteiger partial charge is 0.508 e. The Hall–Kier alpha value is -1.97. The third-order valence-electron chi connectivity index (χ3n) is 3.03. The maximum atomic E-state index is 11.1. The Morgan fingerprint density at radius 3 is 2.47 bits per heavy atom. The van der Waals surface area contributed by atoms with Gasteiger partial charge in [-0.3, -0.25) is 0 Å². The predicted molar refractivity (Wildman–Crippen MR) is 62.8 cm³/mol. The van der Waals surface area contributed by atoms with Crippen LogP contribution in [0.15, 0.2) is 23.8 Å². The average molecular weight is 234 g/mol. The van der Waals surface area contributed by atoms with Crippen molar-refractivity contribution < 1.29 is 20.1 Å². The van der Waals surface area contributed by atoms with E-state index in [9.17, 15) is 15.0 Å². The van der Waals surface area contributed by atoms with E-state index in [1.165, 1.54) is 12.1 Å². The van der Waals surface area contributed by atoms with Gasteiger partial charge in [-0.05, 0) is 43.4 Å². The fraction of sp³-hybridized carbons (Fsp3) is 0.308. The number of rotatable bonds is 2. The summed E-state index contributed by atoms with van der Waals surface area (Å²) in [6.07, 6.45) is 2.97. The molecule has 0 spiro atoms. The second-order valence-corrected chi connectivity index (χ2v) is 4.17. The summed E-state index contributed by atoms with van der Waals surface area (Å²) in [5.41, 5.74) is 1.57. The van der Waals surface area contributed by atoms with Crippen molar-refractivity contribution >= 4 is 11.5 Å². The van der Waals surface area contributed by atoms with E-state index in [1.807, 2.05) is 0 Å². The van der Waals surface area contributed by atoms with Gasteiger partial charge in [-0.2, -0.15) is 0 Å². The minimum Gasteiger partial charge on any atom is -0.508 e. The summed E-state index contributed by atoms with van der Waals surface area (Å²) >= 11 is 0. The predicted octanol–water partition coefficient (Wildman–Crippen LogP) is 2.51. The Labute approximate surface area is 98.8 Å². The van der Waals surface area contributed by atoms with Crippen LogP contribution in [-0.2, 0) is 4.79 Å². The maximum absolute atomic E-state index is 11.1. The SMILES string of the molecule is O=C(O)C1=C(c2ccc(O)cc2O)CCCC1. The molecule has 0 atom stereocenters. The van der Waals surface area contributed by atoms with Crippen molar-refractivity contribution in [3.05, 3.63) is 29.3 Å². The topological polar surface area (TPSA) is 77.8 Å². The number of hydrogen-bond acceptors (Lipinski definition) is 3. The Balaban J connectivity index is 2.53. The van der Waals surface area contributed by atoms with E-state index in [0.717, 1.165) is 12.8 Å². The van der Waals surface area contributed by atoms with Gasteiger partial charge < -0.3 is 15.3 Å². The smallest absolute Gasteiger partial charge is 0.331 e. The molecule has 0 bridgehead atoms. The van der Waals surface area contributed by atoms with Crippen molar-refractivity contribution in [2.45, 2.75) is 25.7 Å². The molecule has 0 saturated heterocycles. The van der Waals surface area contributed by atoms with E-state index < -0.39 is 5.97 Å². The number of carboxylic acids is 1. The van der Waals surface area contributed by atoms with Crippen LogP contribution in [0.4, 0.5) is 0 Å². The van der Waals surface area contributed by atoms with Crippen molar-refractivity contribution in [3.8, 4) is 11.5 Å². The third-order valence-corrected chi connectivity index (χ3v) is 3.03. The number of phenolic OH excluding ortho intramolecular Hbond substituents is 2. The summed E-state index contributed by atoms with van der Waals surface area (Å²) in [7, 11) is 0. The molecular formula is C13H14O4. The van der Waals surface area contributed by atoms with Gasteiger partial charge in [0.05, 0.1) is 0 Å². The molecule has 4 heteroatoms. The first kappa shape index (κ1) is 11.5. The fourth-order valence-electron chi connectivity index (χ4n) is 2.21. The van der Waals surface area contributed by atoms with Crippen molar-refractivity contribution in [1.82, 2.24) is 0 Å². The lowest BCUT2D eigenvalue weighted by atomic mass is 9.87. The molecule has 90 valence electrons. The molecule has 0 amide bonds. The second-order valence-electron chi connectivity index (χ2n) is 4.17. The summed E-state index contributed by atoms with van der Waals surface area (Å²) < 4.78 is 0. The summed E-state index contributed by atoms with van der Waals surface area (Å²) in [4.78, 5) is 11.1. The van der Waals surface area contributed by atoms with Crippen molar-refractivity contribution in [2.75, 3.05) is 0 Å². The molecule has 1 aliphatic rings. The highest BCUT2D eigenvalue weighted by Crippen LogP contribution is 2.37. The molecule has 3 N–H and O–H groups in total. The van der Waals surface area contributed by atoms with Gasteiger partial charge in [0, 0.05) is 17.2 Å². The molecule has 2 rings (SSSR count). The van der Waals surface area contributed by atoms with E-state index in [2.05, 4.69) is 0 Å². The minimum absolute atomic E-state index is 0.0282. The normalized spacial score (nSPS) is 16.0. The molecular weight excluding hydrogens is 220 g/mol. The molecule has 0 aromatic heterocycles. The number of aromatic hydroxyl groups is 2. The fourth-order valence-corrected chi connectivity index (χ4v) is 2.21. The first-order valence-electron chi connectivity index (χ1n) is 5.57. The molecule has 0 saturated carbocycles. The standard InChI is InChI=1S/C13H14O4/c14-8-5-6-10(12(15)7-8)9-3-1-2-4-11(9)13(16)17/h5-7,14-15H,1-4H2,(H,16,17). The maximum Gasteiger partial charge on any atom is 0.331 e. The minimum atomic E-state index is -0.924. The van der Waals surface area contributed by atoms with Gasteiger partial charge in [-0.1, -0.05) is 0 Å². The first-order valence-corrected chi connectivity index (χ1v) is 5.57. The van der Waals surface area contributed by atoms with E-state index in [-0.39, 0.29) is 11.5 Å². The van der Waals surface area contributed by atoms with E-state index in [4.69, 9.17) is 5.11 Å². The van der Waals surface area contributed by atoms with Crippen LogP contribution in [0.5, 0.6) is 11.5 Å². The van der Waals surface area contributed by atoms with Crippen LogP contribution in [0.2, 0.25) is 0 Å². The molecule has 17 heavy (non-hydrogen) atoms. The van der Waals surface area contributed by atoms with Crippen LogP contribution in [-0.4, -0.2) is 21.3 Å². The molecule has 0 heterocycles. The Morgan fingerprint density at radius 1 is 1.12 bits per heavy atom. The number of benzene rings is 1. The lowest BCUT2D eigenvalue weighted by molar-refractivity contribution is -0.132. The highest BCUT2D eigenvalue weighted by atomic mass is 16.4. The zero-order valence-electron chi connectivity index (χ0n) is 9.31. The van der Waals surface area contributed by atoms with Gasteiger partial charge in [-0.25, -0.2) is 4.79 Å². The molecule has 0 aliphatic heterocycles. The van der Waals surface area contributed by atoms with Gasteiger partial charge in [0.1, 0.15) is 11.5 Å². The van der Waals surface area contributed by atoms with E-state index >= 15 is 0 Å². The lowest BCUT2D eigenvalue weighted by Gasteiger charge is -2.18. The van der Waals surface area contributed by atoms with Crippen LogP contribution >= 0.6 is 0 Å². The van der Waals surface area contributed by atoms with Crippen molar-refractivity contribution in [2.24, 2.45) is 0 Å². The quantitative estimate of drug-likeness (QED) is 0.734. The third kappa shape index (κ3) is 2.25. The molecule has 0 radical (unpaired) electrons. The lowest BCUT2D eigenvalue weighted by Crippen LogP contribution is -2.08. The highest BCUT2D eigenvalue weighted by Gasteiger charge is 2.21. The summed E-state index contributed by atoms with van der Waals surface area (Å²) in [5.74, 6) is -1.02.